The molecule has 0 heterocycles. The molecule has 160 valence electrons. The second-order valence-electron chi connectivity index (χ2n) is 6.41. The number of nitrogens with one attached hydrogen (secondary N) is 2. The van der Waals surface area contributed by atoms with Crippen LogP contribution in [-0.2, 0) is 0 Å². The van der Waals surface area contributed by atoms with E-state index in [0.717, 1.165) is 0 Å². The van der Waals surface area contributed by atoms with Gasteiger partial charge in [-0.15, -0.1) is 0 Å². The van der Waals surface area contributed by atoms with Crippen molar-refractivity contribution in [2.45, 2.75) is 0 Å². The maximum absolute atomic E-state index is 12.8. The second-order valence-corrected chi connectivity index (χ2v) is 6.85. The van der Waals surface area contributed by atoms with Gasteiger partial charge in [0.1, 0.15) is 0 Å². The zero-order chi connectivity index (χ0) is 22.4. The SMILES string of the molecule is COc1cc(C(=O)Nc2cccc(NC(=O)c3cccc(Cl)c3)c2)cc(OC)c1OC. The first-order chi connectivity index (χ1) is 14.9. The van der Waals surface area contributed by atoms with Gasteiger partial charge in [0.25, 0.3) is 11.8 Å². The molecule has 0 aliphatic rings. The van der Waals surface area contributed by atoms with Crippen LogP contribution in [0, 0.1) is 0 Å². The maximum Gasteiger partial charge on any atom is 0.255 e. The molecule has 0 bridgehead atoms. The molecule has 7 nitrogen and oxygen atoms in total. The van der Waals surface area contributed by atoms with Gasteiger partial charge < -0.3 is 24.8 Å². The standard InChI is InChI=1S/C23H21ClN2O5/c1-29-19-11-15(12-20(30-2)21(19)31-3)23(28)26-18-9-5-8-17(13-18)25-22(27)14-6-4-7-16(24)10-14/h4-13H,1-3H3,(H,25,27)(H,26,28). The molecule has 3 rings (SSSR count). The average Bonchev–Trinajstić information content (AvgIpc) is 2.78. The van der Waals surface area contributed by atoms with Gasteiger partial charge in [0.15, 0.2) is 11.5 Å². The predicted molar refractivity (Wildman–Crippen MR) is 120 cm³/mol. The molecule has 31 heavy (non-hydrogen) atoms. The third-order valence-corrected chi connectivity index (χ3v) is 4.63. The summed E-state index contributed by atoms with van der Waals surface area (Å²) in [6, 6.07) is 16.6. The largest absolute Gasteiger partial charge is 0.493 e. The molecule has 8 heteroatoms. The fourth-order valence-electron chi connectivity index (χ4n) is 2.92. The van der Waals surface area contributed by atoms with Crippen molar-refractivity contribution in [3.05, 3.63) is 76.8 Å². The van der Waals surface area contributed by atoms with E-state index >= 15 is 0 Å². The molecule has 0 saturated carbocycles. The Hall–Kier alpha value is -3.71. The van der Waals surface area contributed by atoms with Crippen LogP contribution in [-0.4, -0.2) is 33.1 Å². The van der Waals surface area contributed by atoms with Crippen molar-refractivity contribution in [3.63, 3.8) is 0 Å². The first kappa shape index (κ1) is 22.0. The fraction of sp³-hybridized carbons (Fsp3) is 0.130. The molecule has 3 aromatic carbocycles. The smallest absolute Gasteiger partial charge is 0.255 e. The highest BCUT2D eigenvalue weighted by molar-refractivity contribution is 6.31. The van der Waals surface area contributed by atoms with E-state index in [4.69, 9.17) is 25.8 Å². The number of carbonyl (C=O) groups is 2. The lowest BCUT2D eigenvalue weighted by Gasteiger charge is -2.14. The molecular formula is C23H21ClN2O5. The number of rotatable bonds is 7. The number of halogens is 1. The van der Waals surface area contributed by atoms with Gasteiger partial charge in [-0.25, -0.2) is 0 Å². The summed E-state index contributed by atoms with van der Waals surface area (Å²) in [6.45, 7) is 0. The van der Waals surface area contributed by atoms with Crippen LogP contribution in [0.4, 0.5) is 11.4 Å². The highest BCUT2D eigenvalue weighted by atomic mass is 35.5. The van der Waals surface area contributed by atoms with E-state index in [9.17, 15) is 9.59 Å². The van der Waals surface area contributed by atoms with Crippen molar-refractivity contribution in [1.29, 1.82) is 0 Å². The highest BCUT2D eigenvalue weighted by Gasteiger charge is 2.17. The zero-order valence-corrected chi connectivity index (χ0v) is 17.9. The molecule has 0 aliphatic heterocycles. The van der Waals surface area contributed by atoms with Gasteiger partial charge in [-0.2, -0.15) is 0 Å². The van der Waals surface area contributed by atoms with Gasteiger partial charge in [0.05, 0.1) is 21.3 Å². The normalized spacial score (nSPS) is 10.2. The van der Waals surface area contributed by atoms with Crippen LogP contribution in [0.15, 0.2) is 60.7 Å². The summed E-state index contributed by atoms with van der Waals surface area (Å²) in [5.41, 5.74) is 1.78. The summed E-state index contributed by atoms with van der Waals surface area (Å²) in [6.07, 6.45) is 0. The average molecular weight is 441 g/mol. The molecule has 0 aromatic heterocycles. The van der Waals surface area contributed by atoms with Crippen LogP contribution in [0.5, 0.6) is 17.2 Å². The Balaban J connectivity index is 1.78. The third kappa shape index (κ3) is 5.26. The first-order valence-corrected chi connectivity index (χ1v) is 9.61. The molecule has 0 atom stereocenters. The Morgan fingerprint density at radius 2 is 1.26 bits per heavy atom. The topological polar surface area (TPSA) is 85.9 Å². The van der Waals surface area contributed by atoms with Crippen LogP contribution >= 0.6 is 11.6 Å². The Morgan fingerprint density at radius 3 is 1.77 bits per heavy atom. The number of ether oxygens (including phenoxy) is 3. The van der Waals surface area contributed by atoms with E-state index < -0.39 is 0 Å². The van der Waals surface area contributed by atoms with Crippen LogP contribution in [0.1, 0.15) is 20.7 Å². The fourth-order valence-corrected chi connectivity index (χ4v) is 3.11. The lowest BCUT2D eigenvalue weighted by atomic mass is 10.1. The number of benzene rings is 3. The summed E-state index contributed by atoms with van der Waals surface area (Å²) in [4.78, 5) is 25.2. The minimum absolute atomic E-state index is 0.310. The highest BCUT2D eigenvalue weighted by Crippen LogP contribution is 2.38. The summed E-state index contributed by atoms with van der Waals surface area (Å²) >= 11 is 5.94. The predicted octanol–water partition coefficient (Wildman–Crippen LogP) is 4.87. The molecule has 0 aliphatic carbocycles. The van der Waals surface area contributed by atoms with Crippen molar-refractivity contribution in [2.75, 3.05) is 32.0 Å². The third-order valence-electron chi connectivity index (χ3n) is 4.39. The van der Waals surface area contributed by atoms with Crippen molar-refractivity contribution in [2.24, 2.45) is 0 Å². The molecule has 0 radical (unpaired) electrons. The summed E-state index contributed by atoms with van der Waals surface area (Å²) in [5, 5.41) is 6.05. The summed E-state index contributed by atoms with van der Waals surface area (Å²) in [7, 11) is 4.44. The van der Waals surface area contributed by atoms with Gasteiger partial charge >= 0.3 is 0 Å². The molecule has 2 amide bonds. The van der Waals surface area contributed by atoms with Crippen LogP contribution in [0.3, 0.4) is 0 Å². The van der Waals surface area contributed by atoms with E-state index in [0.29, 0.717) is 44.8 Å². The van der Waals surface area contributed by atoms with E-state index in [1.165, 1.54) is 21.3 Å². The van der Waals surface area contributed by atoms with Crippen molar-refractivity contribution >= 4 is 34.8 Å². The number of hydrogen-bond acceptors (Lipinski definition) is 5. The number of methoxy groups -OCH3 is 3. The first-order valence-electron chi connectivity index (χ1n) is 9.23. The van der Waals surface area contributed by atoms with Gasteiger partial charge in [-0.05, 0) is 48.5 Å². The zero-order valence-electron chi connectivity index (χ0n) is 17.2. The Labute approximate surface area is 184 Å². The summed E-state index contributed by atoms with van der Waals surface area (Å²) < 4.78 is 15.9. The molecule has 0 spiro atoms. The second kappa shape index (κ2) is 9.86. The van der Waals surface area contributed by atoms with E-state index in [1.807, 2.05) is 0 Å². The molecule has 3 aromatic rings. The molecule has 0 unspecified atom stereocenters. The quantitative estimate of drug-likeness (QED) is 0.547. The molecule has 2 N–H and O–H groups in total. The monoisotopic (exact) mass is 440 g/mol. The molecule has 0 fully saturated rings. The lowest BCUT2D eigenvalue weighted by Crippen LogP contribution is -2.14. The van der Waals surface area contributed by atoms with Crippen LogP contribution < -0.4 is 24.8 Å². The van der Waals surface area contributed by atoms with Gasteiger partial charge in [-0.1, -0.05) is 23.7 Å². The summed E-state index contributed by atoms with van der Waals surface area (Å²) in [5.74, 6) is 0.449. The van der Waals surface area contributed by atoms with Gasteiger partial charge in [0, 0.05) is 27.5 Å². The van der Waals surface area contributed by atoms with Crippen molar-refractivity contribution < 1.29 is 23.8 Å². The Morgan fingerprint density at radius 1 is 0.710 bits per heavy atom. The van der Waals surface area contributed by atoms with Crippen LogP contribution in [0.2, 0.25) is 5.02 Å². The van der Waals surface area contributed by atoms with Gasteiger partial charge in [0.2, 0.25) is 5.75 Å². The number of amides is 2. The minimum atomic E-state index is -0.377. The number of hydrogen-bond donors (Lipinski definition) is 2. The molecule has 0 saturated heterocycles. The molecular weight excluding hydrogens is 420 g/mol. The van der Waals surface area contributed by atoms with E-state index in [-0.39, 0.29) is 11.8 Å². The number of carbonyl (C=O) groups excluding carboxylic acids is 2. The van der Waals surface area contributed by atoms with Crippen molar-refractivity contribution in [1.82, 2.24) is 0 Å². The number of anilines is 2. The lowest BCUT2D eigenvalue weighted by molar-refractivity contribution is 0.101. The van der Waals surface area contributed by atoms with Gasteiger partial charge in [-0.3, -0.25) is 9.59 Å². The van der Waals surface area contributed by atoms with E-state index in [2.05, 4.69) is 10.6 Å². The Kier molecular flexibility index (Phi) is 6.99. The Bertz CT molecular complexity index is 1090. The van der Waals surface area contributed by atoms with E-state index in [1.54, 1.807) is 60.7 Å². The maximum atomic E-state index is 12.8. The van der Waals surface area contributed by atoms with Crippen LogP contribution in [0.25, 0.3) is 0 Å². The van der Waals surface area contributed by atoms with Crippen molar-refractivity contribution in [3.8, 4) is 17.2 Å². The minimum Gasteiger partial charge on any atom is -0.493 e.